The molecule has 0 bridgehead atoms. The lowest BCUT2D eigenvalue weighted by molar-refractivity contribution is 0.414. The van der Waals surface area contributed by atoms with Crippen molar-refractivity contribution in [2.45, 2.75) is 13.1 Å². The number of hydrogen-bond donors (Lipinski definition) is 2. The highest BCUT2D eigenvalue weighted by molar-refractivity contribution is 5.39. The van der Waals surface area contributed by atoms with Gasteiger partial charge in [0.2, 0.25) is 5.95 Å². The number of rotatable bonds is 7. The van der Waals surface area contributed by atoms with Crippen LogP contribution in [-0.2, 0) is 13.1 Å². The van der Waals surface area contributed by atoms with E-state index < -0.39 is 0 Å². The van der Waals surface area contributed by atoms with Gasteiger partial charge in [-0.15, -0.1) is 5.10 Å². The first-order chi connectivity index (χ1) is 12.2. The zero-order valence-electron chi connectivity index (χ0n) is 13.7. The Morgan fingerprint density at radius 3 is 2.24 bits per heavy atom. The van der Waals surface area contributed by atoms with E-state index in [9.17, 15) is 4.39 Å². The number of nitrogens with zero attached hydrogens (tertiary/aromatic N) is 3. The molecule has 2 aromatic carbocycles. The van der Waals surface area contributed by atoms with Crippen LogP contribution in [0, 0.1) is 5.82 Å². The summed E-state index contributed by atoms with van der Waals surface area (Å²) in [7, 11) is 1.64. The van der Waals surface area contributed by atoms with Gasteiger partial charge in [0.25, 0.3) is 0 Å². The Morgan fingerprint density at radius 1 is 0.920 bits per heavy atom. The maximum Gasteiger partial charge on any atom is 0.244 e. The van der Waals surface area contributed by atoms with Crippen molar-refractivity contribution in [2.24, 2.45) is 0 Å². The van der Waals surface area contributed by atoms with Crippen LogP contribution in [0.25, 0.3) is 0 Å². The first-order valence-corrected chi connectivity index (χ1v) is 7.78. The lowest BCUT2D eigenvalue weighted by Gasteiger charge is -2.08. The van der Waals surface area contributed by atoms with E-state index >= 15 is 0 Å². The number of nitrogens with one attached hydrogen (secondary N) is 2. The second-order valence-corrected chi connectivity index (χ2v) is 5.35. The fraction of sp³-hybridized carbons (Fsp3) is 0.167. The van der Waals surface area contributed by atoms with Gasteiger partial charge in [0.05, 0.1) is 13.3 Å². The zero-order valence-corrected chi connectivity index (χ0v) is 13.7. The number of methoxy groups -OCH3 is 1. The molecule has 0 spiro atoms. The molecule has 0 saturated heterocycles. The molecule has 0 unspecified atom stereocenters. The normalized spacial score (nSPS) is 10.3. The molecule has 7 heteroatoms. The molecular weight excluding hydrogens is 321 g/mol. The van der Waals surface area contributed by atoms with Gasteiger partial charge in [-0.3, -0.25) is 0 Å². The monoisotopic (exact) mass is 339 g/mol. The van der Waals surface area contributed by atoms with Gasteiger partial charge >= 0.3 is 0 Å². The molecular formula is C18H18FN5O. The summed E-state index contributed by atoms with van der Waals surface area (Å²) in [6, 6.07) is 14.0. The molecule has 0 aliphatic heterocycles. The van der Waals surface area contributed by atoms with E-state index in [1.807, 2.05) is 24.3 Å². The number of aromatic nitrogens is 3. The Hall–Kier alpha value is -3.22. The van der Waals surface area contributed by atoms with Gasteiger partial charge in [-0.25, -0.2) is 4.39 Å². The maximum atomic E-state index is 12.9. The summed E-state index contributed by atoms with van der Waals surface area (Å²) < 4.78 is 18.0. The van der Waals surface area contributed by atoms with Crippen molar-refractivity contribution >= 4 is 11.8 Å². The Balaban J connectivity index is 1.56. The van der Waals surface area contributed by atoms with Gasteiger partial charge in [0, 0.05) is 13.1 Å². The third-order valence-electron chi connectivity index (χ3n) is 3.56. The first-order valence-electron chi connectivity index (χ1n) is 7.78. The second kappa shape index (κ2) is 8.05. The van der Waals surface area contributed by atoms with E-state index in [4.69, 9.17) is 4.74 Å². The van der Waals surface area contributed by atoms with Gasteiger partial charge < -0.3 is 15.4 Å². The fourth-order valence-corrected chi connectivity index (χ4v) is 2.18. The number of anilines is 2. The first kappa shape index (κ1) is 16.6. The van der Waals surface area contributed by atoms with Gasteiger partial charge in [-0.2, -0.15) is 10.1 Å². The molecule has 0 fully saturated rings. The van der Waals surface area contributed by atoms with Crippen molar-refractivity contribution in [2.75, 3.05) is 17.7 Å². The minimum atomic E-state index is -0.258. The number of benzene rings is 2. The predicted molar refractivity (Wildman–Crippen MR) is 93.9 cm³/mol. The maximum absolute atomic E-state index is 12.9. The minimum Gasteiger partial charge on any atom is -0.497 e. The van der Waals surface area contributed by atoms with Gasteiger partial charge in [0.15, 0.2) is 5.82 Å². The lowest BCUT2D eigenvalue weighted by atomic mass is 10.2. The van der Waals surface area contributed by atoms with Gasteiger partial charge in [-0.1, -0.05) is 24.3 Å². The summed E-state index contributed by atoms with van der Waals surface area (Å²) in [5.41, 5.74) is 2.03. The highest BCUT2D eigenvalue weighted by Gasteiger charge is 2.02. The highest BCUT2D eigenvalue weighted by atomic mass is 19.1. The van der Waals surface area contributed by atoms with Crippen LogP contribution >= 0.6 is 0 Å². The van der Waals surface area contributed by atoms with Crippen LogP contribution in [-0.4, -0.2) is 22.3 Å². The van der Waals surface area contributed by atoms with E-state index in [0.29, 0.717) is 24.9 Å². The predicted octanol–water partition coefficient (Wildman–Crippen LogP) is 3.24. The largest absolute Gasteiger partial charge is 0.497 e. The molecule has 0 radical (unpaired) electrons. The van der Waals surface area contributed by atoms with Crippen molar-refractivity contribution in [3.05, 3.63) is 71.7 Å². The summed E-state index contributed by atoms with van der Waals surface area (Å²) in [5.74, 6) is 1.59. The third-order valence-corrected chi connectivity index (χ3v) is 3.56. The Kier molecular flexibility index (Phi) is 5.36. The summed E-state index contributed by atoms with van der Waals surface area (Å²) >= 11 is 0. The van der Waals surface area contributed by atoms with Crippen LogP contribution in [0.3, 0.4) is 0 Å². The van der Waals surface area contributed by atoms with E-state index in [1.165, 1.54) is 12.1 Å². The fourth-order valence-electron chi connectivity index (χ4n) is 2.18. The molecule has 1 aromatic heterocycles. The van der Waals surface area contributed by atoms with Crippen LogP contribution < -0.4 is 15.4 Å². The Morgan fingerprint density at radius 2 is 1.56 bits per heavy atom. The van der Waals surface area contributed by atoms with Crippen molar-refractivity contribution in [1.29, 1.82) is 0 Å². The molecule has 3 aromatic rings. The third kappa shape index (κ3) is 4.87. The molecule has 2 N–H and O–H groups in total. The van der Waals surface area contributed by atoms with Gasteiger partial charge in [0.1, 0.15) is 11.6 Å². The van der Waals surface area contributed by atoms with E-state index in [2.05, 4.69) is 25.8 Å². The van der Waals surface area contributed by atoms with E-state index in [1.54, 1.807) is 25.4 Å². The molecule has 0 atom stereocenters. The van der Waals surface area contributed by atoms with Crippen LogP contribution in [0.1, 0.15) is 11.1 Å². The number of halogens is 1. The smallest absolute Gasteiger partial charge is 0.244 e. The Labute approximate surface area is 145 Å². The van der Waals surface area contributed by atoms with Crippen molar-refractivity contribution in [3.8, 4) is 5.75 Å². The summed E-state index contributed by atoms with van der Waals surface area (Å²) in [4.78, 5) is 4.36. The molecule has 6 nitrogen and oxygen atoms in total. The summed E-state index contributed by atoms with van der Waals surface area (Å²) in [6.07, 6.45) is 1.56. The number of ether oxygens (including phenoxy) is 1. The summed E-state index contributed by atoms with van der Waals surface area (Å²) in [5, 5.41) is 14.2. The van der Waals surface area contributed by atoms with Crippen molar-refractivity contribution < 1.29 is 9.13 Å². The van der Waals surface area contributed by atoms with Crippen LogP contribution in [0.5, 0.6) is 5.75 Å². The lowest BCUT2D eigenvalue weighted by Crippen LogP contribution is -2.08. The van der Waals surface area contributed by atoms with Crippen molar-refractivity contribution in [3.63, 3.8) is 0 Å². The molecule has 3 rings (SSSR count). The number of hydrogen-bond acceptors (Lipinski definition) is 6. The quantitative estimate of drug-likeness (QED) is 0.688. The molecule has 0 aliphatic rings. The molecule has 1 heterocycles. The highest BCUT2D eigenvalue weighted by Crippen LogP contribution is 2.13. The SMILES string of the molecule is COc1ccc(CNc2cnnc(NCc3ccc(F)cc3)n2)cc1. The van der Waals surface area contributed by atoms with E-state index in [-0.39, 0.29) is 5.82 Å². The van der Waals surface area contributed by atoms with E-state index in [0.717, 1.165) is 16.9 Å². The minimum absolute atomic E-state index is 0.258. The molecule has 0 saturated carbocycles. The average molecular weight is 339 g/mol. The second-order valence-electron chi connectivity index (χ2n) is 5.35. The standard InChI is InChI=1S/C18H18FN5O/c1-25-16-8-4-14(5-9-16)10-20-17-12-22-24-18(23-17)21-11-13-2-6-15(19)7-3-13/h2-9,12H,10-11H2,1H3,(H2,20,21,23,24). The molecule has 25 heavy (non-hydrogen) atoms. The molecule has 128 valence electrons. The topological polar surface area (TPSA) is 72.0 Å². The average Bonchev–Trinajstić information content (AvgIpc) is 2.67. The van der Waals surface area contributed by atoms with Crippen molar-refractivity contribution in [1.82, 2.24) is 15.2 Å². The van der Waals surface area contributed by atoms with Gasteiger partial charge in [-0.05, 0) is 35.4 Å². The molecule has 0 amide bonds. The summed E-state index contributed by atoms with van der Waals surface area (Å²) in [6.45, 7) is 1.10. The molecule has 0 aliphatic carbocycles. The zero-order chi connectivity index (χ0) is 17.5. The Bertz CT molecular complexity index is 808. The van der Waals surface area contributed by atoms with Crippen LogP contribution in [0.15, 0.2) is 54.7 Å². The van der Waals surface area contributed by atoms with Crippen LogP contribution in [0.2, 0.25) is 0 Å². The van der Waals surface area contributed by atoms with Crippen LogP contribution in [0.4, 0.5) is 16.2 Å².